The molecule has 2 N–H and O–H groups in total. The van der Waals surface area contributed by atoms with Gasteiger partial charge in [-0.05, 0) is 37.5 Å². The predicted molar refractivity (Wildman–Crippen MR) is 132 cm³/mol. The highest BCUT2D eigenvalue weighted by molar-refractivity contribution is 7.88. The fourth-order valence-electron chi connectivity index (χ4n) is 3.17. The van der Waals surface area contributed by atoms with Crippen molar-refractivity contribution in [3.63, 3.8) is 0 Å². The van der Waals surface area contributed by atoms with Crippen LogP contribution >= 0.6 is 11.6 Å². The van der Waals surface area contributed by atoms with Crippen molar-refractivity contribution in [2.75, 3.05) is 20.3 Å². The first kappa shape index (κ1) is 31.4. The lowest BCUT2D eigenvalue weighted by Gasteiger charge is -2.17. The van der Waals surface area contributed by atoms with E-state index in [1.807, 2.05) is 13.8 Å². The molecule has 0 aliphatic rings. The molecule has 0 aliphatic heterocycles. The smallest absolute Gasteiger partial charge is 0.422 e. The van der Waals surface area contributed by atoms with Gasteiger partial charge < -0.3 is 18.9 Å². The minimum Gasteiger partial charge on any atom is -0.491 e. The van der Waals surface area contributed by atoms with Gasteiger partial charge in [0.1, 0.15) is 29.7 Å². The predicted octanol–water partition coefficient (Wildman–Crippen LogP) is 5.07. The fraction of sp³-hybridized carbons (Fsp3) is 0.478. The van der Waals surface area contributed by atoms with Gasteiger partial charge >= 0.3 is 22.5 Å². The summed E-state index contributed by atoms with van der Waals surface area (Å²) < 4.78 is 88.3. The number of nitrogens with one attached hydrogen (secondary N) is 2. The number of aromatic nitrogens is 1. The zero-order valence-electron chi connectivity index (χ0n) is 21.1. The Hall–Kier alpha value is -2.81. The van der Waals surface area contributed by atoms with Gasteiger partial charge in [0, 0.05) is 31.0 Å². The van der Waals surface area contributed by atoms with Crippen molar-refractivity contribution in [2.45, 2.75) is 46.0 Å². The molecule has 1 aromatic heterocycles. The molecule has 1 aromatic carbocycles. The van der Waals surface area contributed by atoms with E-state index in [-0.39, 0.29) is 36.3 Å². The second-order valence-electron chi connectivity index (χ2n) is 8.55. The Morgan fingerprint density at radius 3 is 2.47 bits per heavy atom. The molecule has 212 valence electrons. The number of carbonyl (C=O) groups excluding carboxylic acids is 1. The highest BCUT2D eigenvalue weighted by atomic mass is 35.5. The Labute approximate surface area is 223 Å². The van der Waals surface area contributed by atoms with E-state index < -0.39 is 45.7 Å². The molecule has 0 saturated carbocycles. The number of pyridine rings is 1. The number of hydrogen-bond acceptors (Lipinski definition) is 8. The third-order valence-corrected chi connectivity index (χ3v) is 6.11. The second kappa shape index (κ2) is 13.8. The van der Waals surface area contributed by atoms with Crippen molar-refractivity contribution in [3.05, 3.63) is 46.6 Å². The zero-order valence-corrected chi connectivity index (χ0v) is 22.7. The Morgan fingerprint density at radius 2 is 1.87 bits per heavy atom. The van der Waals surface area contributed by atoms with Crippen LogP contribution < -0.4 is 18.9 Å². The third kappa shape index (κ3) is 10.5. The number of hydrogen-bond donors (Lipinski definition) is 2. The number of methoxy groups -OCH3 is 1. The minimum absolute atomic E-state index is 0.00610. The lowest BCUT2D eigenvalue weighted by Crippen LogP contribution is -2.44. The summed E-state index contributed by atoms with van der Waals surface area (Å²) in [7, 11) is -2.70. The second-order valence-corrected chi connectivity index (χ2v) is 10.4. The van der Waals surface area contributed by atoms with E-state index in [1.54, 1.807) is 11.6 Å². The molecule has 0 fully saturated rings. The first-order valence-corrected chi connectivity index (χ1v) is 13.2. The summed E-state index contributed by atoms with van der Waals surface area (Å²) in [6, 6.07) is 4.60. The minimum atomic E-state index is -4.65. The SMILES string of the molecule is COCCOc1ccc(COC(=O)NS(=O)(=O)NC(C)CC(C)C)c(Oc2ncc(C(F)(F)F)cc2Cl)c1. The van der Waals surface area contributed by atoms with E-state index in [1.165, 1.54) is 25.3 Å². The number of benzene rings is 1. The van der Waals surface area contributed by atoms with E-state index >= 15 is 0 Å². The van der Waals surface area contributed by atoms with Crippen LogP contribution in [0.5, 0.6) is 17.4 Å². The number of alkyl halides is 3. The van der Waals surface area contributed by atoms with Gasteiger partial charge in [-0.15, -0.1) is 0 Å². The summed E-state index contributed by atoms with van der Waals surface area (Å²) in [5.41, 5.74) is -0.847. The molecule has 1 heterocycles. The van der Waals surface area contributed by atoms with Crippen LogP contribution in [0.2, 0.25) is 5.02 Å². The standard InChI is InChI=1S/C23H29ClF3N3O7S/c1-14(2)9-15(3)29-38(32,33)30-22(31)36-13-16-5-6-18(35-8-7-34-4)11-20(16)37-21-19(24)10-17(12-28-21)23(25,26)27/h5-6,10-12,14-15,29H,7-9,13H2,1-4H3,(H,30,31). The third-order valence-electron chi connectivity index (χ3n) is 4.69. The largest absolute Gasteiger partial charge is 0.491 e. The van der Waals surface area contributed by atoms with Crippen molar-refractivity contribution < 1.29 is 45.3 Å². The summed E-state index contributed by atoms with van der Waals surface area (Å²) in [4.78, 5) is 15.8. The summed E-state index contributed by atoms with van der Waals surface area (Å²) >= 11 is 5.95. The molecule has 0 spiro atoms. The summed E-state index contributed by atoms with van der Waals surface area (Å²) in [5, 5.41) is -0.414. The van der Waals surface area contributed by atoms with Crippen LogP contribution in [0.1, 0.15) is 38.3 Å². The van der Waals surface area contributed by atoms with Crippen LogP contribution in [-0.4, -0.2) is 45.9 Å². The molecule has 2 rings (SSSR count). The highest BCUT2D eigenvalue weighted by Gasteiger charge is 2.32. The van der Waals surface area contributed by atoms with Gasteiger partial charge in [0.05, 0.1) is 12.2 Å². The van der Waals surface area contributed by atoms with Crippen molar-refractivity contribution in [3.8, 4) is 17.4 Å². The molecule has 0 radical (unpaired) electrons. The molecule has 0 bridgehead atoms. The van der Waals surface area contributed by atoms with Gasteiger partial charge in [-0.3, -0.25) is 0 Å². The van der Waals surface area contributed by atoms with E-state index in [2.05, 4.69) is 9.71 Å². The number of ether oxygens (including phenoxy) is 4. The molecule has 10 nitrogen and oxygen atoms in total. The van der Waals surface area contributed by atoms with Gasteiger partial charge in [-0.1, -0.05) is 25.4 Å². The summed E-state index contributed by atoms with van der Waals surface area (Å²) in [6.45, 7) is 5.51. The topological polar surface area (TPSA) is 125 Å². The van der Waals surface area contributed by atoms with Crippen LogP contribution in [0.15, 0.2) is 30.5 Å². The monoisotopic (exact) mass is 583 g/mol. The van der Waals surface area contributed by atoms with Gasteiger partial charge in [0.2, 0.25) is 5.88 Å². The van der Waals surface area contributed by atoms with Gasteiger partial charge in [0.15, 0.2) is 0 Å². The van der Waals surface area contributed by atoms with Crippen LogP contribution in [-0.2, 0) is 32.5 Å². The van der Waals surface area contributed by atoms with Crippen LogP contribution in [0.3, 0.4) is 0 Å². The van der Waals surface area contributed by atoms with Crippen molar-refractivity contribution >= 4 is 27.9 Å². The molecule has 0 aliphatic carbocycles. The Bertz CT molecular complexity index is 1200. The summed E-state index contributed by atoms with van der Waals surface area (Å²) in [5.74, 6) is 0.185. The van der Waals surface area contributed by atoms with E-state index in [0.717, 1.165) is 0 Å². The lowest BCUT2D eigenvalue weighted by molar-refractivity contribution is -0.137. The molecule has 38 heavy (non-hydrogen) atoms. The maximum absolute atomic E-state index is 12.9. The van der Waals surface area contributed by atoms with E-state index in [9.17, 15) is 26.4 Å². The molecular weight excluding hydrogens is 555 g/mol. The van der Waals surface area contributed by atoms with Gasteiger partial charge in [0.25, 0.3) is 0 Å². The van der Waals surface area contributed by atoms with Gasteiger partial charge in [-0.25, -0.2) is 14.5 Å². The number of nitrogens with zero attached hydrogens (tertiary/aromatic N) is 1. The zero-order chi connectivity index (χ0) is 28.5. The lowest BCUT2D eigenvalue weighted by atomic mass is 10.1. The Kier molecular flexibility index (Phi) is 11.4. The number of halogens is 4. The number of carbonyl (C=O) groups is 1. The van der Waals surface area contributed by atoms with Gasteiger partial charge in [-0.2, -0.15) is 26.3 Å². The van der Waals surface area contributed by atoms with Crippen LogP contribution in [0, 0.1) is 5.92 Å². The first-order chi connectivity index (χ1) is 17.7. The average molecular weight is 584 g/mol. The molecule has 2 aromatic rings. The molecule has 1 unspecified atom stereocenters. The Morgan fingerprint density at radius 1 is 1.16 bits per heavy atom. The summed E-state index contributed by atoms with van der Waals surface area (Å²) in [6.07, 6.45) is -4.80. The van der Waals surface area contributed by atoms with Crippen molar-refractivity contribution in [1.82, 2.24) is 14.4 Å². The van der Waals surface area contributed by atoms with E-state index in [4.69, 9.17) is 30.5 Å². The van der Waals surface area contributed by atoms with E-state index in [0.29, 0.717) is 24.4 Å². The van der Waals surface area contributed by atoms with Crippen molar-refractivity contribution in [1.29, 1.82) is 0 Å². The number of amides is 1. The Balaban J connectivity index is 2.18. The molecular formula is C23H29ClF3N3O7S. The maximum Gasteiger partial charge on any atom is 0.422 e. The highest BCUT2D eigenvalue weighted by Crippen LogP contribution is 2.36. The molecule has 1 atom stereocenters. The van der Waals surface area contributed by atoms with Crippen molar-refractivity contribution in [2.24, 2.45) is 5.92 Å². The first-order valence-electron chi connectivity index (χ1n) is 11.3. The quantitative estimate of drug-likeness (QED) is 0.313. The average Bonchev–Trinajstić information content (AvgIpc) is 2.78. The normalized spacial score (nSPS) is 12.8. The molecule has 1 amide bonds. The fourth-order valence-corrected chi connectivity index (χ4v) is 4.34. The maximum atomic E-state index is 12.9. The van der Waals surface area contributed by atoms with Crippen LogP contribution in [0.25, 0.3) is 0 Å². The number of rotatable bonds is 13. The molecule has 0 saturated heterocycles. The molecule has 15 heteroatoms. The van der Waals surface area contributed by atoms with Crippen LogP contribution in [0.4, 0.5) is 18.0 Å².